The van der Waals surface area contributed by atoms with Crippen LogP contribution in [0.5, 0.6) is 5.75 Å². The van der Waals surface area contributed by atoms with Crippen molar-refractivity contribution in [2.24, 2.45) is 0 Å². The minimum absolute atomic E-state index is 0.0938. The highest BCUT2D eigenvalue weighted by atomic mass is 35.5. The molecule has 0 N–H and O–H groups in total. The van der Waals surface area contributed by atoms with Gasteiger partial charge in [-0.1, -0.05) is 17.7 Å². The highest BCUT2D eigenvalue weighted by molar-refractivity contribution is 7.92. The van der Waals surface area contributed by atoms with Gasteiger partial charge in [0.25, 0.3) is 10.0 Å². The fraction of sp³-hybridized carbons (Fsp3) is 0.176. The normalized spacial score (nSPS) is 11.9. The molecule has 2 rings (SSSR count). The Bertz CT molecular complexity index is 896. The average molecular weight is 406 g/mol. The van der Waals surface area contributed by atoms with Crippen molar-refractivity contribution in [2.75, 3.05) is 18.0 Å². The third kappa shape index (κ3) is 4.13. The van der Waals surface area contributed by atoms with Crippen LogP contribution < -0.4 is 9.04 Å². The molecule has 2 aromatic rings. The topological polar surface area (TPSA) is 46.6 Å². The Morgan fingerprint density at radius 3 is 2.31 bits per heavy atom. The van der Waals surface area contributed by atoms with Gasteiger partial charge in [0.15, 0.2) is 0 Å². The van der Waals surface area contributed by atoms with E-state index in [0.717, 1.165) is 10.4 Å². The van der Waals surface area contributed by atoms with Crippen LogP contribution in [0.15, 0.2) is 60.0 Å². The second-order valence-electron chi connectivity index (χ2n) is 5.16. The summed E-state index contributed by atoms with van der Waals surface area (Å²) in [5, 5.41) is -0.512. The van der Waals surface area contributed by atoms with E-state index in [9.17, 15) is 21.6 Å². The molecular formula is C17H15ClF3NO3S. The molecule has 0 bridgehead atoms. The summed E-state index contributed by atoms with van der Waals surface area (Å²) in [5.74, 6) is 0.449. The molecule has 0 aliphatic carbocycles. The van der Waals surface area contributed by atoms with E-state index in [4.69, 9.17) is 16.3 Å². The Balaban J connectivity index is 2.56. The predicted molar refractivity (Wildman–Crippen MR) is 94.2 cm³/mol. The summed E-state index contributed by atoms with van der Waals surface area (Å²) < 4.78 is 70.9. The van der Waals surface area contributed by atoms with Gasteiger partial charge in [-0.2, -0.15) is 13.2 Å². The highest BCUT2D eigenvalue weighted by Crippen LogP contribution is 2.38. The van der Waals surface area contributed by atoms with Crippen molar-refractivity contribution in [2.45, 2.75) is 11.1 Å². The van der Waals surface area contributed by atoms with Crippen molar-refractivity contribution in [3.05, 3.63) is 65.7 Å². The summed E-state index contributed by atoms with van der Waals surface area (Å²) in [6, 6.07) is 8.44. The van der Waals surface area contributed by atoms with Crippen molar-refractivity contribution < 1.29 is 26.3 Å². The third-order valence-corrected chi connectivity index (χ3v) is 5.62. The monoisotopic (exact) mass is 405 g/mol. The summed E-state index contributed by atoms with van der Waals surface area (Å²) >= 11 is 5.61. The third-order valence-electron chi connectivity index (χ3n) is 3.49. The quantitative estimate of drug-likeness (QED) is 0.651. The van der Waals surface area contributed by atoms with E-state index < -0.39 is 26.8 Å². The summed E-state index contributed by atoms with van der Waals surface area (Å²) in [6.07, 6.45) is -3.43. The van der Waals surface area contributed by atoms with Gasteiger partial charge in [0.1, 0.15) is 5.75 Å². The minimum Gasteiger partial charge on any atom is -0.497 e. The number of rotatable bonds is 6. The van der Waals surface area contributed by atoms with Gasteiger partial charge in [0.2, 0.25) is 0 Å². The number of sulfonamides is 1. The molecule has 4 nitrogen and oxygen atoms in total. The Labute approximate surface area is 154 Å². The lowest BCUT2D eigenvalue weighted by atomic mass is 10.2. The number of hydrogen-bond donors (Lipinski definition) is 0. The van der Waals surface area contributed by atoms with Crippen LogP contribution in [0.4, 0.5) is 18.9 Å². The molecular weight excluding hydrogens is 391 g/mol. The molecule has 0 saturated carbocycles. The van der Waals surface area contributed by atoms with Gasteiger partial charge in [0.05, 0.1) is 34.8 Å². The number of anilines is 1. The van der Waals surface area contributed by atoms with Crippen molar-refractivity contribution in [3.8, 4) is 5.75 Å². The first-order chi connectivity index (χ1) is 12.1. The Hall–Kier alpha value is -2.19. The van der Waals surface area contributed by atoms with Gasteiger partial charge >= 0.3 is 6.18 Å². The van der Waals surface area contributed by atoms with E-state index >= 15 is 0 Å². The van der Waals surface area contributed by atoms with E-state index in [-0.39, 0.29) is 17.1 Å². The van der Waals surface area contributed by atoms with Crippen LogP contribution >= 0.6 is 11.6 Å². The maximum atomic E-state index is 13.1. The number of nitrogens with zero attached hydrogens (tertiary/aromatic N) is 1. The number of halogens is 4. The molecule has 9 heteroatoms. The number of ether oxygens (including phenoxy) is 1. The highest BCUT2D eigenvalue weighted by Gasteiger charge is 2.35. The number of methoxy groups -OCH3 is 1. The first-order valence-electron chi connectivity index (χ1n) is 7.25. The van der Waals surface area contributed by atoms with Crippen molar-refractivity contribution >= 4 is 27.3 Å². The van der Waals surface area contributed by atoms with Crippen LogP contribution in [0.2, 0.25) is 5.02 Å². The average Bonchev–Trinajstić information content (AvgIpc) is 2.59. The van der Waals surface area contributed by atoms with Crippen molar-refractivity contribution in [1.29, 1.82) is 0 Å². The number of alkyl halides is 3. The molecule has 2 aromatic carbocycles. The minimum atomic E-state index is -4.71. The fourth-order valence-corrected chi connectivity index (χ4v) is 3.87. The van der Waals surface area contributed by atoms with Crippen LogP contribution in [-0.2, 0) is 16.2 Å². The van der Waals surface area contributed by atoms with E-state index in [2.05, 4.69) is 6.58 Å². The molecule has 140 valence electrons. The Kier molecular flexibility index (Phi) is 5.87. The zero-order valence-electron chi connectivity index (χ0n) is 13.6. The first kappa shape index (κ1) is 20.1. The molecule has 26 heavy (non-hydrogen) atoms. The molecule has 0 aliphatic rings. The van der Waals surface area contributed by atoms with E-state index in [1.165, 1.54) is 43.5 Å². The Morgan fingerprint density at radius 2 is 1.81 bits per heavy atom. The Morgan fingerprint density at radius 1 is 1.19 bits per heavy atom. The van der Waals surface area contributed by atoms with E-state index in [1.807, 2.05) is 0 Å². The van der Waals surface area contributed by atoms with Crippen LogP contribution in [-0.4, -0.2) is 22.1 Å². The lowest BCUT2D eigenvalue weighted by Crippen LogP contribution is -2.31. The van der Waals surface area contributed by atoms with Gasteiger partial charge < -0.3 is 4.74 Å². The van der Waals surface area contributed by atoms with Crippen LogP contribution in [0, 0.1) is 0 Å². The second-order valence-corrected chi connectivity index (χ2v) is 7.43. The lowest BCUT2D eigenvalue weighted by Gasteiger charge is -2.24. The molecule has 0 amide bonds. The zero-order chi connectivity index (χ0) is 19.5. The van der Waals surface area contributed by atoms with Crippen molar-refractivity contribution in [1.82, 2.24) is 0 Å². The maximum absolute atomic E-state index is 13.1. The second kappa shape index (κ2) is 7.59. The summed E-state index contributed by atoms with van der Waals surface area (Å²) in [4.78, 5) is -0.0938. The van der Waals surface area contributed by atoms with Crippen molar-refractivity contribution in [3.63, 3.8) is 0 Å². The molecule has 0 radical (unpaired) electrons. The standard InChI is InChI=1S/C17H15ClF3NO3S/c1-3-10-22(12-4-9-16(18)15(11-12)17(19,20)21)26(23,24)14-7-5-13(25-2)6-8-14/h3-9,11H,1,10H2,2H3. The molecule has 0 aliphatic heterocycles. The number of benzene rings is 2. The van der Waals surface area contributed by atoms with E-state index in [0.29, 0.717) is 11.8 Å². The predicted octanol–water partition coefficient (Wildman–Crippen LogP) is 4.75. The molecule has 0 unspecified atom stereocenters. The lowest BCUT2D eigenvalue weighted by molar-refractivity contribution is -0.137. The summed E-state index contributed by atoms with van der Waals surface area (Å²) in [5.41, 5.74) is -1.28. The molecule has 0 heterocycles. The van der Waals surface area contributed by atoms with Crippen LogP contribution in [0.1, 0.15) is 5.56 Å². The van der Waals surface area contributed by atoms with Gasteiger partial charge in [-0.15, -0.1) is 6.58 Å². The molecule has 0 atom stereocenters. The molecule has 0 saturated heterocycles. The van der Waals surface area contributed by atoms with E-state index in [1.54, 1.807) is 0 Å². The zero-order valence-corrected chi connectivity index (χ0v) is 15.2. The largest absolute Gasteiger partial charge is 0.497 e. The van der Waals surface area contributed by atoms with Crippen LogP contribution in [0.25, 0.3) is 0 Å². The maximum Gasteiger partial charge on any atom is 0.417 e. The summed E-state index contributed by atoms with van der Waals surface area (Å²) in [6.45, 7) is 3.26. The van der Waals surface area contributed by atoms with Gasteiger partial charge in [-0.05, 0) is 42.5 Å². The van der Waals surface area contributed by atoms with Gasteiger partial charge in [0, 0.05) is 0 Å². The summed E-state index contributed by atoms with van der Waals surface area (Å²) in [7, 11) is -2.69. The first-order valence-corrected chi connectivity index (χ1v) is 9.07. The smallest absolute Gasteiger partial charge is 0.417 e. The van der Waals surface area contributed by atoms with Gasteiger partial charge in [-0.3, -0.25) is 4.31 Å². The van der Waals surface area contributed by atoms with Gasteiger partial charge in [-0.25, -0.2) is 8.42 Å². The molecule has 0 spiro atoms. The number of hydrogen-bond acceptors (Lipinski definition) is 3. The van der Waals surface area contributed by atoms with Crippen LogP contribution in [0.3, 0.4) is 0 Å². The fourth-order valence-electron chi connectivity index (χ4n) is 2.22. The molecule has 0 fully saturated rings. The SMILES string of the molecule is C=CCN(c1ccc(Cl)c(C(F)(F)F)c1)S(=O)(=O)c1ccc(OC)cc1. The molecule has 0 aromatic heterocycles.